The number of benzene rings is 3. The summed E-state index contributed by atoms with van der Waals surface area (Å²) in [6.45, 7) is 4.22. The van der Waals surface area contributed by atoms with E-state index in [0.717, 1.165) is 11.1 Å². The summed E-state index contributed by atoms with van der Waals surface area (Å²) in [7, 11) is 1.57. The summed E-state index contributed by atoms with van der Waals surface area (Å²) in [6.07, 6.45) is 0. The largest absolute Gasteiger partial charge is 0.495 e. The van der Waals surface area contributed by atoms with E-state index in [-0.39, 0.29) is 11.0 Å². The highest BCUT2D eigenvalue weighted by Crippen LogP contribution is 2.31. The number of carbonyl (C=O) groups is 1. The fourth-order valence-corrected chi connectivity index (χ4v) is 3.49. The zero-order valence-electron chi connectivity index (χ0n) is 18.0. The molecule has 4 rings (SSSR count). The lowest BCUT2D eigenvalue weighted by atomic mass is 10.0. The van der Waals surface area contributed by atoms with Crippen molar-refractivity contribution in [1.82, 2.24) is 10.3 Å². The molecule has 0 aliphatic heterocycles. The molecule has 0 saturated heterocycles. The van der Waals surface area contributed by atoms with Crippen LogP contribution in [0.2, 0.25) is 0 Å². The van der Waals surface area contributed by atoms with Crippen LogP contribution in [0.1, 0.15) is 35.7 Å². The molecule has 0 saturated carbocycles. The van der Waals surface area contributed by atoms with Crippen molar-refractivity contribution in [2.45, 2.75) is 19.8 Å². The molecule has 0 radical (unpaired) electrons. The maximum Gasteiger partial charge on any atom is 0.257 e. The quantitative estimate of drug-likeness (QED) is 0.381. The van der Waals surface area contributed by atoms with Gasteiger partial charge in [0, 0.05) is 11.1 Å². The van der Waals surface area contributed by atoms with Gasteiger partial charge >= 0.3 is 0 Å². The number of nitrogens with zero attached hydrogens (tertiary/aromatic N) is 1. The van der Waals surface area contributed by atoms with Crippen LogP contribution in [0.15, 0.2) is 71.1 Å². The molecule has 0 atom stereocenters. The van der Waals surface area contributed by atoms with Crippen molar-refractivity contribution in [2.75, 3.05) is 12.4 Å². The fraction of sp³-hybridized carbons (Fsp3) is 0.160. The van der Waals surface area contributed by atoms with Crippen LogP contribution in [-0.4, -0.2) is 23.1 Å². The third kappa shape index (κ3) is 4.63. The van der Waals surface area contributed by atoms with Crippen LogP contribution in [-0.2, 0) is 0 Å². The number of para-hydroxylation sites is 2. The van der Waals surface area contributed by atoms with Gasteiger partial charge in [-0.25, -0.2) is 4.98 Å². The molecule has 0 aliphatic rings. The zero-order valence-corrected chi connectivity index (χ0v) is 18.8. The average Bonchev–Trinajstić information content (AvgIpc) is 3.23. The standard InChI is InChI=1S/C25H23N3O3S/c1-15(2)16-8-10-17(11-9-16)23(29)28-25(32)27-20-14-18(12-13-21(20)30-3)24-26-19-6-4-5-7-22(19)31-24/h4-15H,1-3H3,(H2,27,28,29,32). The van der Waals surface area contributed by atoms with Gasteiger partial charge in [-0.3, -0.25) is 10.1 Å². The first-order valence-electron chi connectivity index (χ1n) is 10.2. The summed E-state index contributed by atoms with van der Waals surface area (Å²) >= 11 is 5.36. The number of hydrogen-bond donors (Lipinski definition) is 2. The van der Waals surface area contributed by atoms with Gasteiger partial charge in [-0.2, -0.15) is 0 Å². The molecule has 7 heteroatoms. The van der Waals surface area contributed by atoms with Gasteiger partial charge in [0.05, 0.1) is 12.8 Å². The summed E-state index contributed by atoms with van der Waals surface area (Å²) in [5.41, 5.74) is 4.53. The maximum atomic E-state index is 12.6. The van der Waals surface area contributed by atoms with Gasteiger partial charge in [0.1, 0.15) is 11.3 Å². The molecule has 4 aromatic rings. The molecular formula is C25H23N3O3S. The van der Waals surface area contributed by atoms with Crippen LogP contribution < -0.4 is 15.4 Å². The molecule has 1 amide bonds. The second kappa shape index (κ2) is 9.20. The van der Waals surface area contributed by atoms with Crippen LogP contribution in [0, 0.1) is 0 Å². The van der Waals surface area contributed by atoms with Gasteiger partial charge in [0.25, 0.3) is 5.91 Å². The zero-order chi connectivity index (χ0) is 22.7. The summed E-state index contributed by atoms with van der Waals surface area (Å²) in [6, 6.07) is 20.5. The Labute approximate surface area is 191 Å². The molecule has 0 fully saturated rings. The van der Waals surface area contributed by atoms with Gasteiger partial charge in [-0.1, -0.05) is 38.1 Å². The predicted octanol–water partition coefficient (Wildman–Crippen LogP) is 5.75. The Morgan fingerprint density at radius 3 is 2.50 bits per heavy atom. The van der Waals surface area contributed by atoms with Crippen molar-refractivity contribution in [3.8, 4) is 17.2 Å². The topological polar surface area (TPSA) is 76.4 Å². The molecule has 0 spiro atoms. The third-order valence-electron chi connectivity index (χ3n) is 5.06. The normalized spacial score (nSPS) is 10.9. The number of rotatable bonds is 5. The number of ether oxygens (including phenoxy) is 1. The van der Waals surface area contributed by atoms with Crippen LogP contribution >= 0.6 is 12.2 Å². The minimum atomic E-state index is -0.285. The Balaban J connectivity index is 1.51. The number of nitrogens with one attached hydrogen (secondary N) is 2. The number of amides is 1. The number of oxazole rings is 1. The van der Waals surface area contributed by atoms with Crippen molar-refractivity contribution in [1.29, 1.82) is 0 Å². The summed E-state index contributed by atoms with van der Waals surface area (Å²) in [5, 5.41) is 5.92. The fourth-order valence-electron chi connectivity index (χ4n) is 3.28. The molecule has 3 aromatic carbocycles. The van der Waals surface area contributed by atoms with Crippen molar-refractivity contribution in [3.05, 3.63) is 77.9 Å². The first-order valence-corrected chi connectivity index (χ1v) is 10.6. The number of aromatic nitrogens is 1. The van der Waals surface area contributed by atoms with E-state index in [1.54, 1.807) is 25.3 Å². The molecule has 32 heavy (non-hydrogen) atoms. The van der Waals surface area contributed by atoms with Crippen molar-refractivity contribution in [3.63, 3.8) is 0 Å². The van der Waals surface area contributed by atoms with Crippen molar-refractivity contribution < 1.29 is 13.9 Å². The molecular weight excluding hydrogens is 422 g/mol. The smallest absolute Gasteiger partial charge is 0.257 e. The second-order valence-corrected chi connectivity index (χ2v) is 8.00. The van der Waals surface area contributed by atoms with Gasteiger partial charge in [0.2, 0.25) is 5.89 Å². The molecule has 0 unspecified atom stereocenters. The van der Waals surface area contributed by atoms with Crippen LogP contribution in [0.4, 0.5) is 5.69 Å². The summed E-state index contributed by atoms with van der Waals surface area (Å²) in [4.78, 5) is 17.1. The average molecular weight is 446 g/mol. The molecule has 2 N–H and O–H groups in total. The number of carbonyl (C=O) groups excluding carboxylic acids is 1. The minimum absolute atomic E-state index is 0.163. The number of methoxy groups -OCH3 is 1. The highest BCUT2D eigenvalue weighted by atomic mass is 32.1. The highest BCUT2D eigenvalue weighted by Gasteiger charge is 2.14. The Hall–Kier alpha value is -3.71. The Morgan fingerprint density at radius 2 is 1.81 bits per heavy atom. The Kier molecular flexibility index (Phi) is 6.18. The molecule has 6 nitrogen and oxygen atoms in total. The number of thiocarbonyl (C=S) groups is 1. The number of anilines is 1. The Morgan fingerprint density at radius 1 is 1.06 bits per heavy atom. The lowest BCUT2D eigenvalue weighted by molar-refractivity contribution is 0.0977. The van der Waals surface area contributed by atoms with E-state index < -0.39 is 0 Å². The monoisotopic (exact) mass is 445 g/mol. The highest BCUT2D eigenvalue weighted by molar-refractivity contribution is 7.80. The number of hydrogen-bond acceptors (Lipinski definition) is 5. The molecule has 1 aromatic heterocycles. The molecule has 162 valence electrons. The van der Waals surface area contributed by atoms with Crippen LogP contribution in [0.3, 0.4) is 0 Å². The first-order chi connectivity index (χ1) is 15.4. The van der Waals surface area contributed by atoms with Crippen molar-refractivity contribution in [2.24, 2.45) is 0 Å². The van der Waals surface area contributed by atoms with Gasteiger partial charge in [0.15, 0.2) is 10.7 Å². The lowest BCUT2D eigenvalue weighted by Gasteiger charge is -2.14. The van der Waals surface area contributed by atoms with E-state index in [4.69, 9.17) is 21.4 Å². The molecule has 1 heterocycles. The molecule has 0 bridgehead atoms. The van der Waals surface area contributed by atoms with E-state index in [1.807, 2.05) is 48.5 Å². The first kappa shape index (κ1) is 21.5. The SMILES string of the molecule is COc1ccc(-c2nc3ccccc3o2)cc1NC(=S)NC(=O)c1ccc(C(C)C)cc1. The van der Waals surface area contributed by atoms with Gasteiger partial charge in [-0.05, 0) is 66.2 Å². The van der Waals surface area contributed by atoms with E-state index in [2.05, 4.69) is 29.5 Å². The van der Waals surface area contributed by atoms with Crippen molar-refractivity contribution >= 4 is 40.0 Å². The van der Waals surface area contributed by atoms with Gasteiger partial charge < -0.3 is 14.5 Å². The second-order valence-electron chi connectivity index (χ2n) is 7.59. The lowest BCUT2D eigenvalue weighted by Crippen LogP contribution is -2.34. The van der Waals surface area contributed by atoms with Crippen LogP contribution in [0.25, 0.3) is 22.6 Å². The predicted molar refractivity (Wildman–Crippen MR) is 130 cm³/mol. The van der Waals surface area contributed by atoms with E-state index in [9.17, 15) is 4.79 Å². The van der Waals surface area contributed by atoms with Crippen LogP contribution in [0.5, 0.6) is 5.75 Å². The summed E-state index contributed by atoms with van der Waals surface area (Å²) < 4.78 is 11.3. The Bertz CT molecular complexity index is 1250. The van der Waals surface area contributed by atoms with E-state index in [1.165, 1.54) is 5.56 Å². The van der Waals surface area contributed by atoms with E-state index in [0.29, 0.717) is 34.4 Å². The minimum Gasteiger partial charge on any atom is -0.495 e. The van der Waals surface area contributed by atoms with E-state index >= 15 is 0 Å². The number of fused-ring (bicyclic) bond motifs is 1. The van der Waals surface area contributed by atoms with Gasteiger partial charge in [-0.15, -0.1) is 0 Å². The molecule has 0 aliphatic carbocycles. The summed E-state index contributed by atoms with van der Waals surface area (Å²) in [5.74, 6) is 1.17. The maximum absolute atomic E-state index is 12.6. The third-order valence-corrected chi connectivity index (χ3v) is 5.26.